The fraction of sp³-hybridized carbons (Fsp3) is 0.259. The smallest absolute Gasteiger partial charge is 0.261 e. The summed E-state index contributed by atoms with van der Waals surface area (Å²) in [6, 6.07) is 16.3. The van der Waals surface area contributed by atoms with Crippen LogP contribution >= 0.6 is 11.3 Å². The van der Waals surface area contributed by atoms with E-state index < -0.39 is 6.04 Å². The number of thiophene rings is 1. The molecule has 0 fully saturated rings. The number of carbonyl (C=O) groups is 3. The van der Waals surface area contributed by atoms with Crippen LogP contribution < -0.4 is 10.6 Å². The van der Waals surface area contributed by atoms with Crippen molar-refractivity contribution in [3.63, 3.8) is 0 Å². The molecule has 8 nitrogen and oxygen atoms in total. The number of carbonyl (C=O) groups excluding carboxylic acids is 3. The fourth-order valence-corrected chi connectivity index (χ4v) is 5.46. The van der Waals surface area contributed by atoms with Gasteiger partial charge in [0.1, 0.15) is 6.04 Å². The average molecular weight is 502 g/mol. The topological polar surface area (TPSA) is 107 Å². The lowest BCUT2D eigenvalue weighted by atomic mass is 10.1. The van der Waals surface area contributed by atoms with E-state index in [1.807, 2.05) is 43.3 Å². The summed E-state index contributed by atoms with van der Waals surface area (Å²) in [5, 5.41) is 13.5. The van der Waals surface area contributed by atoms with Crippen LogP contribution in [0.3, 0.4) is 0 Å². The van der Waals surface area contributed by atoms with Crippen molar-refractivity contribution < 1.29 is 14.4 Å². The molecule has 184 valence electrons. The predicted molar refractivity (Wildman–Crippen MR) is 139 cm³/mol. The molecule has 1 aliphatic rings. The summed E-state index contributed by atoms with van der Waals surface area (Å²) in [4.78, 5) is 42.4. The third-order valence-electron chi connectivity index (χ3n) is 6.41. The van der Waals surface area contributed by atoms with Crippen LogP contribution in [0, 0.1) is 0 Å². The molecule has 1 atom stereocenters. The lowest BCUT2D eigenvalue weighted by Crippen LogP contribution is -2.49. The van der Waals surface area contributed by atoms with Gasteiger partial charge in [-0.3, -0.25) is 19.5 Å². The second-order valence-electron chi connectivity index (χ2n) is 8.84. The average Bonchev–Trinajstić information content (AvgIpc) is 3.56. The standard InChI is InChI=1S/C27H27N5O3S/c1-2-21(30-25(33)18-8-9-22-19(12-18)15-29-31-22)27(35)32-11-10-23-20(16-32)13-24(36-23)26(34)28-14-17-6-4-3-5-7-17/h3-9,12-13,15,21H,2,10-11,14,16H2,1H3,(H,28,34)(H,29,31)(H,30,33)/t21-/m1/s1. The van der Waals surface area contributed by atoms with Crippen molar-refractivity contribution in [1.82, 2.24) is 25.7 Å². The number of aromatic amines is 1. The van der Waals surface area contributed by atoms with E-state index in [-0.39, 0.29) is 17.7 Å². The minimum atomic E-state index is -0.619. The van der Waals surface area contributed by atoms with Gasteiger partial charge in [0.05, 0.1) is 16.6 Å². The van der Waals surface area contributed by atoms with Crippen LogP contribution in [-0.2, 0) is 24.3 Å². The summed E-state index contributed by atoms with van der Waals surface area (Å²) in [6.07, 6.45) is 2.84. The normalized spacial score (nSPS) is 13.8. The van der Waals surface area contributed by atoms with E-state index in [4.69, 9.17) is 0 Å². The van der Waals surface area contributed by atoms with Crippen LogP contribution in [0.15, 0.2) is 60.8 Å². The van der Waals surface area contributed by atoms with Crippen molar-refractivity contribution in [3.05, 3.63) is 87.2 Å². The van der Waals surface area contributed by atoms with Gasteiger partial charge in [-0.2, -0.15) is 5.10 Å². The van der Waals surface area contributed by atoms with E-state index in [1.165, 1.54) is 11.3 Å². The van der Waals surface area contributed by atoms with Gasteiger partial charge in [-0.1, -0.05) is 37.3 Å². The molecule has 0 radical (unpaired) electrons. The van der Waals surface area contributed by atoms with Crippen molar-refractivity contribution in [3.8, 4) is 0 Å². The Balaban J connectivity index is 1.21. The number of nitrogens with zero attached hydrogens (tertiary/aromatic N) is 2. The SMILES string of the molecule is CC[C@@H](NC(=O)c1ccc2[nH]ncc2c1)C(=O)N1CCc2sc(C(=O)NCc3ccccc3)cc2C1. The van der Waals surface area contributed by atoms with E-state index >= 15 is 0 Å². The quantitative estimate of drug-likeness (QED) is 0.359. The lowest BCUT2D eigenvalue weighted by molar-refractivity contribution is -0.134. The van der Waals surface area contributed by atoms with Gasteiger partial charge in [0.2, 0.25) is 5.91 Å². The highest BCUT2D eigenvalue weighted by atomic mass is 32.1. The van der Waals surface area contributed by atoms with Crippen molar-refractivity contribution in [1.29, 1.82) is 0 Å². The largest absolute Gasteiger partial charge is 0.347 e. The molecule has 0 bridgehead atoms. The molecule has 2 aromatic carbocycles. The molecule has 9 heteroatoms. The summed E-state index contributed by atoms with van der Waals surface area (Å²) in [7, 11) is 0. The molecular formula is C27H27N5O3S. The summed E-state index contributed by atoms with van der Waals surface area (Å²) < 4.78 is 0. The highest BCUT2D eigenvalue weighted by molar-refractivity contribution is 7.14. The summed E-state index contributed by atoms with van der Waals surface area (Å²) in [6.45, 7) is 3.35. The van der Waals surface area contributed by atoms with E-state index in [1.54, 1.807) is 29.3 Å². The Morgan fingerprint density at radius 2 is 1.94 bits per heavy atom. The number of hydrogen-bond donors (Lipinski definition) is 3. The second kappa shape index (κ2) is 10.3. The van der Waals surface area contributed by atoms with Gasteiger partial charge < -0.3 is 15.5 Å². The van der Waals surface area contributed by atoms with Crippen molar-refractivity contribution in [2.75, 3.05) is 6.54 Å². The Bertz CT molecular complexity index is 1410. The maximum Gasteiger partial charge on any atom is 0.261 e. The fourth-order valence-electron chi connectivity index (χ4n) is 4.38. The van der Waals surface area contributed by atoms with Gasteiger partial charge in [0.25, 0.3) is 11.8 Å². The van der Waals surface area contributed by atoms with Crippen LogP contribution in [-0.4, -0.2) is 45.4 Å². The van der Waals surface area contributed by atoms with Crippen LogP contribution in [0.5, 0.6) is 0 Å². The summed E-state index contributed by atoms with van der Waals surface area (Å²) in [5.41, 5.74) is 3.38. The first-order valence-electron chi connectivity index (χ1n) is 12.0. The zero-order valence-electron chi connectivity index (χ0n) is 19.9. The number of nitrogens with one attached hydrogen (secondary N) is 3. The Hall–Kier alpha value is -3.98. The van der Waals surface area contributed by atoms with Crippen molar-refractivity contribution in [2.24, 2.45) is 0 Å². The zero-order chi connectivity index (χ0) is 25.1. The van der Waals surface area contributed by atoms with Gasteiger partial charge in [-0.15, -0.1) is 11.3 Å². The van der Waals surface area contributed by atoms with Crippen LogP contribution in [0.1, 0.15) is 49.4 Å². The molecule has 0 spiro atoms. The molecule has 3 amide bonds. The Morgan fingerprint density at radius 1 is 1.11 bits per heavy atom. The first kappa shape index (κ1) is 23.7. The minimum Gasteiger partial charge on any atom is -0.347 e. The molecule has 3 N–H and O–H groups in total. The second-order valence-corrected chi connectivity index (χ2v) is 9.98. The summed E-state index contributed by atoms with van der Waals surface area (Å²) >= 11 is 1.49. The highest BCUT2D eigenvalue weighted by Gasteiger charge is 2.29. The number of rotatable bonds is 7. The third-order valence-corrected chi connectivity index (χ3v) is 7.65. The number of H-pyrrole nitrogens is 1. The van der Waals surface area contributed by atoms with E-state index in [0.717, 1.165) is 26.9 Å². The summed E-state index contributed by atoms with van der Waals surface area (Å²) in [5.74, 6) is -0.504. The number of hydrogen-bond acceptors (Lipinski definition) is 5. The minimum absolute atomic E-state index is 0.107. The maximum atomic E-state index is 13.3. The number of fused-ring (bicyclic) bond motifs is 2. The van der Waals surface area contributed by atoms with E-state index in [2.05, 4.69) is 20.8 Å². The molecule has 0 unspecified atom stereocenters. The van der Waals surface area contributed by atoms with Gasteiger partial charge in [-0.25, -0.2) is 0 Å². The van der Waals surface area contributed by atoms with Gasteiger partial charge >= 0.3 is 0 Å². The van der Waals surface area contributed by atoms with Crippen LogP contribution in [0.4, 0.5) is 0 Å². The Kier molecular flexibility index (Phi) is 6.81. The molecule has 5 rings (SSSR count). The van der Waals surface area contributed by atoms with Gasteiger partial charge in [0, 0.05) is 35.5 Å². The first-order valence-corrected chi connectivity index (χ1v) is 12.8. The molecule has 36 heavy (non-hydrogen) atoms. The molecule has 0 saturated carbocycles. The monoisotopic (exact) mass is 501 g/mol. The molecular weight excluding hydrogens is 474 g/mol. The molecule has 2 aromatic heterocycles. The zero-order valence-corrected chi connectivity index (χ0v) is 20.7. The molecule has 0 aliphatic carbocycles. The number of aromatic nitrogens is 2. The number of amides is 3. The predicted octanol–water partition coefficient (Wildman–Crippen LogP) is 3.65. The van der Waals surface area contributed by atoms with Crippen LogP contribution in [0.2, 0.25) is 0 Å². The molecule has 4 aromatic rings. The van der Waals surface area contributed by atoms with Gasteiger partial charge in [0.15, 0.2) is 0 Å². The molecule has 1 aliphatic heterocycles. The maximum absolute atomic E-state index is 13.3. The Morgan fingerprint density at radius 3 is 2.75 bits per heavy atom. The van der Waals surface area contributed by atoms with Gasteiger partial charge in [-0.05, 0) is 48.2 Å². The Labute approximate surface area is 212 Å². The lowest BCUT2D eigenvalue weighted by Gasteiger charge is -2.30. The highest BCUT2D eigenvalue weighted by Crippen LogP contribution is 2.29. The van der Waals surface area contributed by atoms with E-state index in [9.17, 15) is 14.4 Å². The third kappa shape index (κ3) is 5.01. The van der Waals surface area contributed by atoms with Crippen LogP contribution in [0.25, 0.3) is 10.9 Å². The first-order chi connectivity index (χ1) is 17.5. The molecule has 0 saturated heterocycles. The van der Waals surface area contributed by atoms with E-state index in [0.29, 0.717) is 42.9 Å². The number of benzene rings is 2. The molecule has 3 heterocycles. The van der Waals surface area contributed by atoms with Crippen molar-refractivity contribution >= 4 is 40.0 Å². The van der Waals surface area contributed by atoms with Crippen molar-refractivity contribution in [2.45, 2.75) is 38.9 Å².